The van der Waals surface area contributed by atoms with Crippen LogP contribution in [0.15, 0.2) is 0 Å². The summed E-state index contributed by atoms with van der Waals surface area (Å²) in [7, 11) is 0. The second-order valence-electron chi connectivity index (χ2n) is 4.02. The zero-order valence-corrected chi connectivity index (χ0v) is 6.79. The average Bonchev–Trinajstić information content (AvgIpc) is 2.31. The highest BCUT2D eigenvalue weighted by atomic mass is 16.3. The zero-order valence-electron chi connectivity index (χ0n) is 6.79. The van der Waals surface area contributed by atoms with Gasteiger partial charge in [-0.15, -0.1) is 0 Å². The van der Waals surface area contributed by atoms with Crippen LogP contribution in [-0.2, 0) is 0 Å². The molecule has 11 heavy (non-hydrogen) atoms. The fourth-order valence-electron chi connectivity index (χ4n) is 2.39. The van der Waals surface area contributed by atoms with Crippen LogP contribution in [0.3, 0.4) is 0 Å². The van der Waals surface area contributed by atoms with E-state index >= 15 is 0 Å². The van der Waals surface area contributed by atoms with Gasteiger partial charge in [-0.05, 0) is 25.3 Å². The molecular formula is C8H16N2O. The summed E-state index contributed by atoms with van der Waals surface area (Å²) in [5, 5.41) is 9.89. The summed E-state index contributed by atoms with van der Waals surface area (Å²) >= 11 is 0. The minimum atomic E-state index is -0.570. The van der Waals surface area contributed by atoms with Crippen molar-refractivity contribution in [2.24, 2.45) is 11.7 Å². The molecule has 64 valence electrons. The molecule has 0 spiro atoms. The third-order valence-electron chi connectivity index (χ3n) is 2.94. The van der Waals surface area contributed by atoms with E-state index in [9.17, 15) is 5.11 Å². The molecule has 2 saturated heterocycles. The predicted octanol–water partition coefficient (Wildman–Crippen LogP) is -0.598. The van der Waals surface area contributed by atoms with Crippen molar-refractivity contribution in [2.75, 3.05) is 26.2 Å². The number of hydrogen-bond acceptors (Lipinski definition) is 3. The molecule has 2 fully saturated rings. The van der Waals surface area contributed by atoms with Gasteiger partial charge in [0.05, 0.1) is 5.60 Å². The Kier molecular flexibility index (Phi) is 1.67. The van der Waals surface area contributed by atoms with Crippen molar-refractivity contribution in [3.63, 3.8) is 0 Å². The Labute approximate surface area is 67.2 Å². The Morgan fingerprint density at radius 3 is 3.09 bits per heavy atom. The van der Waals surface area contributed by atoms with Crippen LogP contribution in [-0.4, -0.2) is 41.8 Å². The Morgan fingerprint density at radius 1 is 1.64 bits per heavy atom. The van der Waals surface area contributed by atoms with Crippen molar-refractivity contribution in [3.8, 4) is 0 Å². The quantitative estimate of drug-likeness (QED) is 0.533. The largest absolute Gasteiger partial charge is 0.387 e. The minimum Gasteiger partial charge on any atom is -0.387 e. The summed E-state index contributed by atoms with van der Waals surface area (Å²) in [6.07, 6.45) is 2.17. The second-order valence-corrected chi connectivity index (χ2v) is 4.02. The van der Waals surface area contributed by atoms with Crippen molar-refractivity contribution < 1.29 is 5.11 Å². The highest BCUT2D eigenvalue weighted by Gasteiger charge is 2.40. The first-order valence-electron chi connectivity index (χ1n) is 4.37. The third-order valence-corrected chi connectivity index (χ3v) is 2.94. The Hall–Kier alpha value is -0.120. The lowest BCUT2D eigenvalue weighted by molar-refractivity contribution is -0.0205. The molecule has 2 aliphatic rings. The van der Waals surface area contributed by atoms with Gasteiger partial charge in [0, 0.05) is 19.6 Å². The number of rotatable bonds is 1. The van der Waals surface area contributed by atoms with Gasteiger partial charge in [0.1, 0.15) is 0 Å². The number of piperidine rings is 1. The van der Waals surface area contributed by atoms with E-state index in [4.69, 9.17) is 5.73 Å². The Balaban J connectivity index is 2.07. The Morgan fingerprint density at radius 2 is 2.45 bits per heavy atom. The van der Waals surface area contributed by atoms with Gasteiger partial charge in [-0.25, -0.2) is 0 Å². The number of fused-ring (bicyclic) bond motifs is 2. The molecule has 2 rings (SSSR count). The predicted molar refractivity (Wildman–Crippen MR) is 43.2 cm³/mol. The molecule has 2 heterocycles. The molecule has 0 saturated carbocycles. The van der Waals surface area contributed by atoms with E-state index in [-0.39, 0.29) is 0 Å². The molecule has 0 radical (unpaired) electrons. The van der Waals surface area contributed by atoms with Crippen LogP contribution in [0.1, 0.15) is 12.8 Å². The number of aliphatic hydroxyl groups is 1. The van der Waals surface area contributed by atoms with Gasteiger partial charge in [0.25, 0.3) is 0 Å². The van der Waals surface area contributed by atoms with Crippen LogP contribution in [0, 0.1) is 5.92 Å². The molecule has 3 heteroatoms. The topological polar surface area (TPSA) is 49.5 Å². The third kappa shape index (κ3) is 1.28. The van der Waals surface area contributed by atoms with E-state index in [2.05, 4.69) is 4.90 Å². The Bertz CT molecular complexity index is 148. The molecule has 0 aromatic carbocycles. The van der Waals surface area contributed by atoms with Crippen molar-refractivity contribution >= 4 is 0 Å². The van der Waals surface area contributed by atoms with E-state index in [1.54, 1.807) is 0 Å². The fraction of sp³-hybridized carbons (Fsp3) is 1.00. The maximum Gasteiger partial charge on any atom is 0.0898 e. The molecule has 2 aliphatic heterocycles. The van der Waals surface area contributed by atoms with E-state index < -0.39 is 5.60 Å². The standard InChI is InChI=1S/C8H16N2O/c9-5-8(11)3-7-1-2-10(4-7)6-8/h7,11H,1-6,9H2. The van der Waals surface area contributed by atoms with E-state index in [1.807, 2.05) is 0 Å². The molecule has 3 nitrogen and oxygen atoms in total. The molecule has 0 amide bonds. The smallest absolute Gasteiger partial charge is 0.0898 e. The van der Waals surface area contributed by atoms with Gasteiger partial charge in [0.2, 0.25) is 0 Å². The molecular weight excluding hydrogens is 140 g/mol. The lowest BCUT2D eigenvalue weighted by Gasteiger charge is -2.36. The van der Waals surface area contributed by atoms with Crippen LogP contribution >= 0.6 is 0 Å². The van der Waals surface area contributed by atoms with Crippen LogP contribution in [0.5, 0.6) is 0 Å². The van der Waals surface area contributed by atoms with E-state index in [0.29, 0.717) is 12.5 Å². The van der Waals surface area contributed by atoms with Crippen LogP contribution in [0.25, 0.3) is 0 Å². The monoisotopic (exact) mass is 156 g/mol. The number of hydrogen-bond donors (Lipinski definition) is 2. The van der Waals surface area contributed by atoms with Crippen LogP contribution in [0.4, 0.5) is 0 Å². The molecule has 0 aromatic heterocycles. The maximum absolute atomic E-state index is 9.89. The fourth-order valence-corrected chi connectivity index (χ4v) is 2.39. The van der Waals surface area contributed by atoms with Crippen molar-refractivity contribution in [2.45, 2.75) is 18.4 Å². The molecule has 3 atom stereocenters. The van der Waals surface area contributed by atoms with E-state index in [1.165, 1.54) is 13.0 Å². The summed E-state index contributed by atoms with van der Waals surface area (Å²) in [6.45, 7) is 3.55. The number of nitrogens with zero attached hydrogens (tertiary/aromatic N) is 1. The lowest BCUT2D eigenvalue weighted by Crippen LogP contribution is -2.51. The zero-order chi connectivity index (χ0) is 7.90. The van der Waals surface area contributed by atoms with Gasteiger partial charge in [0.15, 0.2) is 0 Å². The van der Waals surface area contributed by atoms with Crippen molar-refractivity contribution in [1.29, 1.82) is 0 Å². The van der Waals surface area contributed by atoms with Gasteiger partial charge < -0.3 is 15.7 Å². The van der Waals surface area contributed by atoms with Crippen molar-refractivity contribution in [1.82, 2.24) is 4.90 Å². The summed E-state index contributed by atoms with van der Waals surface area (Å²) in [4.78, 5) is 2.32. The summed E-state index contributed by atoms with van der Waals surface area (Å²) < 4.78 is 0. The second kappa shape index (κ2) is 2.44. The molecule has 3 N–H and O–H groups in total. The first-order chi connectivity index (χ1) is 5.22. The summed E-state index contributed by atoms with van der Waals surface area (Å²) in [6, 6.07) is 0. The van der Waals surface area contributed by atoms with Crippen molar-refractivity contribution in [3.05, 3.63) is 0 Å². The number of nitrogens with two attached hydrogens (primary N) is 1. The first kappa shape index (κ1) is 7.53. The van der Waals surface area contributed by atoms with Gasteiger partial charge >= 0.3 is 0 Å². The molecule has 3 unspecified atom stereocenters. The summed E-state index contributed by atoms with van der Waals surface area (Å²) in [5.41, 5.74) is 4.94. The SMILES string of the molecule is NCC1(O)CC2CCN(C2)C1. The van der Waals surface area contributed by atoms with E-state index in [0.717, 1.165) is 19.5 Å². The molecule has 2 bridgehead atoms. The normalized spacial score (nSPS) is 49.6. The minimum absolute atomic E-state index is 0.417. The van der Waals surface area contributed by atoms with Crippen LogP contribution in [0.2, 0.25) is 0 Å². The highest BCUT2D eigenvalue weighted by Crippen LogP contribution is 2.32. The molecule has 0 aromatic rings. The first-order valence-corrected chi connectivity index (χ1v) is 4.37. The highest BCUT2D eigenvalue weighted by molar-refractivity contribution is 4.95. The summed E-state index contributed by atoms with van der Waals surface area (Å²) in [5.74, 6) is 0.706. The van der Waals surface area contributed by atoms with Gasteiger partial charge in [-0.2, -0.15) is 0 Å². The van der Waals surface area contributed by atoms with Gasteiger partial charge in [-0.1, -0.05) is 0 Å². The van der Waals surface area contributed by atoms with Gasteiger partial charge in [-0.3, -0.25) is 0 Å². The average molecular weight is 156 g/mol. The lowest BCUT2D eigenvalue weighted by atomic mass is 9.87. The maximum atomic E-state index is 9.89. The van der Waals surface area contributed by atoms with Crippen LogP contribution < -0.4 is 5.73 Å². The molecule has 0 aliphatic carbocycles.